The molecule has 22 heavy (non-hydrogen) atoms. The van der Waals surface area contributed by atoms with Gasteiger partial charge in [0.05, 0.1) is 15.9 Å². The SMILES string of the molecule is Cn1c(=O)n(C)c2cc(S(=O)(=O)N3CCNCC3)c(Br)cc21. The molecule has 7 nitrogen and oxygen atoms in total. The molecular formula is C13H17BrN4O3S. The van der Waals surface area contributed by atoms with Crippen LogP contribution in [0.15, 0.2) is 26.3 Å². The summed E-state index contributed by atoms with van der Waals surface area (Å²) in [6.07, 6.45) is 0. The topological polar surface area (TPSA) is 76.3 Å². The van der Waals surface area contributed by atoms with Crippen LogP contribution in [0, 0.1) is 0 Å². The van der Waals surface area contributed by atoms with Crippen LogP contribution in [0.25, 0.3) is 11.0 Å². The quantitative estimate of drug-likeness (QED) is 0.798. The minimum absolute atomic E-state index is 0.182. The first kappa shape index (κ1) is 15.7. The van der Waals surface area contributed by atoms with E-state index in [1.807, 2.05) is 0 Å². The molecule has 120 valence electrons. The predicted molar refractivity (Wildman–Crippen MR) is 87.5 cm³/mol. The normalized spacial score (nSPS) is 17.2. The lowest BCUT2D eigenvalue weighted by Crippen LogP contribution is -2.46. The lowest BCUT2D eigenvalue weighted by Gasteiger charge is -2.27. The summed E-state index contributed by atoms with van der Waals surface area (Å²) in [4.78, 5) is 12.2. The molecule has 0 atom stereocenters. The molecule has 1 aromatic heterocycles. The summed E-state index contributed by atoms with van der Waals surface area (Å²) in [5.41, 5.74) is 1.11. The van der Waals surface area contributed by atoms with Gasteiger partial charge in [-0.05, 0) is 28.1 Å². The van der Waals surface area contributed by atoms with Crippen molar-refractivity contribution in [2.45, 2.75) is 4.90 Å². The van der Waals surface area contributed by atoms with E-state index in [2.05, 4.69) is 21.2 Å². The molecule has 0 amide bonds. The van der Waals surface area contributed by atoms with Crippen molar-refractivity contribution >= 4 is 37.0 Å². The highest BCUT2D eigenvalue weighted by atomic mass is 79.9. The summed E-state index contributed by atoms with van der Waals surface area (Å²) < 4.78 is 30.6. The molecule has 1 aliphatic rings. The number of sulfonamides is 1. The van der Waals surface area contributed by atoms with Gasteiger partial charge in [0.15, 0.2) is 0 Å². The van der Waals surface area contributed by atoms with Crippen molar-refractivity contribution < 1.29 is 8.42 Å². The van der Waals surface area contributed by atoms with Crippen molar-refractivity contribution in [1.29, 1.82) is 0 Å². The monoisotopic (exact) mass is 388 g/mol. The Morgan fingerprint density at radius 2 is 1.64 bits per heavy atom. The first-order chi connectivity index (χ1) is 10.3. The Morgan fingerprint density at radius 3 is 2.23 bits per heavy atom. The van der Waals surface area contributed by atoms with Gasteiger partial charge in [0.2, 0.25) is 10.0 Å². The second-order valence-electron chi connectivity index (χ2n) is 5.33. The summed E-state index contributed by atoms with van der Waals surface area (Å²) >= 11 is 3.34. The first-order valence-electron chi connectivity index (χ1n) is 6.90. The minimum Gasteiger partial charge on any atom is -0.314 e. The minimum atomic E-state index is -3.58. The number of piperazine rings is 1. The van der Waals surface area contributed by atoms with E-state index in [1.165, 1.54) is 13.4 Å². The molecule has 2 aromatic rings. The van der Waals surface area contributed by atoms with Crippen LogP contribution in [0.2, 0.25) is 0 Å². The fraction of sp³-hybridized carbons (Fsp3) is 0.462. The van der Waals surface area contributed by atoms with Crippen molar-refractivity contribution in [2.75, 3.05) is 26.2 Å². The van der Waals surface area contributed by atoms with Gasteiger partial charge >= 0.3 is 5.69 Å². The highest BCUT2D eigenvalue weighted by Gasteiger charge is 2.28. The highest BCUT2D eigenvalue weighted by molar-refractivity contribution is 9.10. The zero-order valence-electron chi connectivity index (χ0n) is 12.3. The molecule has 9 heteroatoms. The lowest BCUT2D eigenvalue weighted by molar-refractivity contribution is 0.360. The Kier molecular flexibility index (Phi) is 3.92. The number of benzene rings is 1. The molecule has 1 aromatic carbocycles. The number of hydrogen-bond donors (Lipinski definition) is 1. The molecule has 0 saturated carbocycles. The van der Waals surface area contributed by atoms with Gasteiger partial charge in [0.1, 0.15) is 0 Å². The van der Waals surface area contributed by atoms with E-state index in [0.29, 0.717) is 41.7 Å². The Hall–Kier alpha value is -1.16. The second-order valence-corrected chi connectivity index (χ2v) is 8.09. The largest absolute Gasteiger partial charge is 0.328 e. The number of halogens is 1. The smallest absolute Gasteiger partial charge is 0.314 e. The number of aromatic nitrogens is 2. The molecule has 1 N–H and O–H groups in total. The molecule has 1 aliphatic heterocycles. The average Bonchev–Trinajstić information content (AvgIpc) is 2.72. The zero-order chi connectivity index (χ0) is 16.1. The zero-order valence-corrected chi connectivity index (χ0v) is 14.7. The number of nitrogens with one attached hydrogen (secondary N) is 1. The van der Waals surface area contributed by atoms with Gasteiger partial charge in [-0.15, -0.1) is 0 Å². The molecule has 0 spiro atoms. The maximum atomic E-state index is 12.8. The van der Waals surface area contributed by atoms with E-state index < -0.39 is 10.0 Å². The Labute approximate surface area is 136 Å². The molecule has 1 saturated heterocycles. The third-order valence-corrected chi connectivity index (χ3v) is 6.88. The predicted octanol–water partition coefficient (Wildman–Crippen LogP) is 0.233. The van der Waals surface area contributed by atoms with Gasteiger partial charge in [-0.2, -0.15) is 4.31 Å². The maximum Gasteiger partial charge on any atom is 0.328 e. The van der Waals surface area contributed by atoms with Crippen molar-refractivity contribution in [2.24, 2.45) is 14.1 Å². The Bertz CT molecular complexity index is 894. The van der Waals surface area contributed by atoms with Crippen molar-refractivity contribution in [1.82, 2.24) is 18.8 Å². The van der Waals surface area contributed by atoms with Crippen LogP contribution in [-0.2, 0) is 24.1 Å². The fourth-order valence-corrected chi connectivity index (χ4v) is 5.17. The average molecular weight is 389 g/mol. The van der Waals surface area contributed by atoms with Crippen molar-refractivity contribution in [3.63, 3.8) is 0 Å². The van der Waals surface area contributed by atoms with E-state index in [0.717, 1.165) is 0 Å². The number of fused-ring (bicyclic) bond motifs is 1. The number of imidazole rings is 1. The van der Waals surface area contributed by atoms with Crippen molar-refractivity contribution in [3.8, 4) is 0 Å². The van der Waals surface area contributed by atoms with E-state index in [1.54, 1.807) is 26.2 Å². The van der Waals surface area contributed by atoms with Gasteiger partial charge in [-0.1, -0.05) is 0 Å². The Morgan fingerprint density at radius 1 is 1.09 bits per heavy atom. The molecule has 0 bridgehead atoms. The molecule has 3 rings (SSSR count). The number of nitrogens with zero attached hydrogens (tertiary/aromatic N) is 3. The van der Waals surface area contributed by atoms with Crippen LogP contribution in [0.5, 0.6) is 0 Å². The van der Waals surface area contributed by atoms with Gasteiger partial charge in [0, 0.05) is 44.7 Å². The van der Waals surface area contributed by atoms with Crippen LogP contribution in [0.3, 0.4) is 0 Å². The molecule has 0 unspecified atom stereocenters. The summed E-state index contributed by atoms with van der Waals surface area (Å²) in [5, 5.41) is 3.14. The van der Waals surface area contributed by atoms with Gasteiger partial charge in [-0.3, -0.25) is 9.13 Å². The summed E-state index contributed by atoms with van der Waals surface area (Å²) in [6.45, 7) is 2.17. The van der Waals surface area contributed by atoms with E-state index in [4.69, 9.17) is 0 Å². The molecular weight excluding hydrogens is 372 g/mol. The summed E-state index contributed by atoms with van der Waals surface area (Å²) in [7, 11) is -0.276. The van der Waals surface area contributed by atoms with Gasteiger partial charge < -0.3 is 5.32 Å². The fourth-order valence-electron chi connectivity index (χ4n) is 2.72. The standard InChI is InChI=1S/C13H17BrN4O3S/c1-16-10-7-9(14)12(8-11(10)17(2)13(16)19)22(20,21)18-5-3-15-4-6-18/h7-8,15H,3-6H2,1-2H3. The van der Waals surface area contributed by atoms with Crippen LogP contribution < -0.4 is 11.0 Å². The molecule has 1 fully saturated rings. The summed E-state index contributed by atoms with van der Waals surface area (Å²) in [5.74, 6) is 0. The van der Waals surface area contributed by atoms with Gasteiger partial charge in [-0.25, -0.2) is 13.2 Å². The van der Waals surface area contributed by atoms with Crippen LogP contribution in [-0.4, -0.2) is 48.0 Å². The lowest BCUT2D eigenvalue weighted by atomic mass is 10.3. The van der Waals surface area contributed by atoms with E-state index >= 15 is 0 Å². The van der Waals surface area contributed by atoms with E-state index in [9.17, 15) is 13.2 Å². The first-order valence-corrected chi connectivity index (χ1v) is 9.13. The second kappa shape index (κ2) is 5.48. The summed E-state index contributed by atoms with van der Waals surface area (Å²) in [6, 6.07) is 3.25. The van der Waals surface area contributed by atoms with Crippen LogP contribution in [0.1, 0.15) is 0 Å². The molecule has 0 aliphatic carbocycles. The number of aryl methyl sites for hydroxylation is 2. The maximum absolute atomic E-state index is 12.8. The third-order valence-electron chi connectivity index (χ3n) is 4.02. The molecule has 2 heterocycles. The van der Waals surface area contributed by atoms with Crippen LogP contribution in [0.4, 0.5) is 0 Å². The molecule has 0 radical (unpaired) electrons. The number of hydrogen-bond acceptors (Lipinski definition) is 4. The van der Waals surface area contributed by atoms with E-state index in [-0.39, 0.29) is 10.6 Å². The van der Waals surface area contributed by atoms with Crippen molar-refractivity contribution in [3.05, 3.63) is 27.1 Å². The number of rotatable bonds is 2. The highest BCUT2D eigenvalue weighted by Crippen LogP contribution is 2.29. The third kappa shape index (κ3) is 2.32. The Balaban J connectivity index is 2.20. The van der Waals surface area contributed by atoms with Crippen LogP contribution >= 0.6 is 15.9 Å². The van der Waals surface area contributed by atoms with Gasteiger partial charge in [0.25, 0.3) is 0 Å².